The third-order valence-corrected chi connectivity index (χ3v) is 4.47. The Bertz CT molecular complexity index is 910. The van der Waals surface area contributed by atoms with Gasteiger partial charge < -0.3 is 15.8 Å². The van der Waals surface area contributed by atoms with Crippen LogP contribution in [0.4, 0.5) is 11.6 Å². The minimum absolute atomic E-state index is 0.150. The number of aromatic nitrogens is 3. The largest absolute Gasteiger partial charge is 0.457 e. The molecule has 7 nitrogen and oxygen atoms in total. The van der Waals surface area contributed by atoms with Gasteiger partial charge in [0.15, 0.2) is 5.16 Å². The van der Waals surface area contributed by atoms with Crippen LogP contribution in [0, 0.1) is 0 Å². The second-order valence-electron chi connectivity index (χ2n) is 5.52. The molecule has 0 atom stereocenters. The number of benzene rings is 2. The average Bonchev–Trinajstić information content (AvgIpc) is 3.03. The van der Waals surface area contributed by atoms with Crippen LogP contribution in [0.1, 0.15) is 0 Å². The number of nitrogens with one attached hydrogen (secondary N) is 1. The normalized spacial score (nSPS) is 10.4. The summed E-state index contributed by atoms with van der Waals surface area (Å²) in [4.78, 5) is 12.2. The Morgan fingerprint density at radius 1 is 1.15 bits per heavy atom. The SMILES string of the molecule is C=CCn1c(N)nnc1SCC(=O)Nc1ccc(Oc2ccccc2)cc1. The van der Waals surface area contributed by atoms with E-state index in [-0.39, 0.29) is 11.7 Å². The highest BCUT2D eigenvalue weighted by molar-refractivity contribution is 7.99. The molecule has 0 bridgehead atoms. The molecule has 0 aliphatic rings. The Hall–Kier alpha value is -3.26. The molecule has 0 saturated heterocycles. The number of allylic oxidation sites excluding steroid dienone is 1. The Kier molecular flexibility index (Phi) is 6.11. The van der Waals surface area contributed by atoms with Crippen LogP contribution in [0.15, 0.2) is 72.4 Å². The van der Waals surface area contributed by atoms with Gasteiger partial charge in [-0.05, 0) is 36.4 Å². The Balaban J connectivity index is 1.53. The van der Waals surface area contributed by atoms with Crippen molar-refractivity contribution in [2.45, 2.75) is 11.7 Å². The van der Waals surface area contributed by atoms with Crippen LogP contribution in [0.2, 0.25) is 0 Å². The van der Waals surface area contributed by atoms with Gasteiger partial charge in [0.25, 0.3) is 0 Å². The quantitative estimate of drug-likeness (QED) is 0.457. The fourth-order valence-electron chi connectivity index (χ4n) is 2.27. The van der Waals surface area contributed by atoms with Gasteiger partial charge in [0, 0.05) is 12.2 Å². The second kappa shape index (κ2) is 8.91. The van der Waals surface area contributed by atoms with Gasteiger partial charge in [0.1, 0.15) is 11.5 Å². The molecule has 138 valence electrons. The highest BCUT2D eigenvalue weighted by atomic mass is 32.2. The fraction of sp³-hybridized carbons (Fsp3) is 0.105. The molecular weight excluding hydrogens is 362 g/mol. The summed E-state index contributed by atoms with van der Waals surface area (Å²) in [5.74, 6) is 1.79. The summed E-state index contributed by atoms with van der Waals surface area (Å²) in [6, 6.07) is 16.7. The van der Waals surface area contributed by atoms with E-state index >= 15 is 0 Å². The van der Waals surface area contributed by atoms with Gasteiger partial charge in [0.05, 0.1) is 5.75 Å². The lowest BCUT2D eigenvalue weighted by Gasteiger charge is -2.08. The summed E-state index contributed by atoms with van der Waals surface area (Å²) in [6.45, 7) is 4.16. The van der Waals surface area contributed by atoms with Crippen molar-refractivity contribution in [3.05, 3.63) is 67.3 Å². The van der Waals surface area contributed by atoms with Crippen molar-refractivity contribution in [3.63, 3.8) is 0 Å². The highest BCUT2D eigenvalue weighted by Crippen LogP contribution is 2.23. The Morgan fingerprint density at radius 3 is 2.56 bits per heavy atom. The number of nitrogens with zero attached hydrogens (tertiary/aromatic N) is 3. The first-order chi connectivity index (χ1) is 13.2. The van der Waals surface area contributed by atoms with Crippen molar-refractivity contribution >= 4 is 29.3 Å². The molecule has 0 saturated carbocycles. The maximum atomic E-state index is 12.2. The number of hydrogen-bond acceptors (Lipinski definition) is 6. The predicted octanol–water partition coefficient (Wildman–Crippen LogP) is 3.57. The van der Waals surface area contributed by atoms with Gasteiger partial charge in [0.2, 0.25) is 11.9 Å². The molecule has 3 N–H and O–H groups in total. The van der Waals surface area contributed by atoms with Crippen molar-refractivity contribution < 1.29 is 9.53 Å². The number of rotatable bonds is 8. The number of nitrogen functional groups attached to an aromatic ring is 1. The van der Waals surface area contributed by atoms with Crippen molar-refractivity contribution in [3.8, 4) is 11.5 Å². The summed E-state index contributed by atoms with van der Waals surface area (Å²) >= 11 is 1.26. The van der Waals surface area contributed by atoms with Gasteiger partial charge >= 0.3 is 0 Å². The number of carbonyl (C=O) groups is 1. The number of anilines is 2. The van der Waals surface area contributed by atoms with Crippen LogP contribution >= 0.6 is 11.8 Å². The second-order valence-corrected chi connectivity index (χ2v) is 6.46. The van der Waals surface area contributed by atoms with E-state index in [0.717, 1.165) is 5.75 Å². The smallest absolute Gasteiger partial charge is 0.234 e. The summed E-state index contributed by atoms with van der Waals surface area (Å²) in [6.07, 6.45) is 1.70. The minimum Gasteiger partial charge on any atom is -0.457 e. The number of ether oxygens (including phenoxy) is 1. The molecule has 3 rings (SSSR count). The summed E-state index contributed by atoms with van der Waals surface area (Å²) in [5, 5.41) is 11.2. The number of nitrogens with two attached hydrogens (primary N) is 1. The van der Waals surface area contributed by atoms with E-state index < -0.39 is 0 Å². The molecule has 0 aliphatic heterocycles. The van der Waals surface area contributed by atoms with Gasteiger partial charge in [-0.15, -0.1) is 16.8 Å². The number of hydrogen-bond donors (Lipinski definition) is 2. The average molecular weight is 381 g/mol. The summed E-state index contributed by atoms with van der Waals surface area (Å²) < 4.78 is 7.42. The van der Waals surface area contributed by atoms with E-state index in [4.69, 9.17) is 10.5 Å². The van der Waals surface area contributed by atoms with Gasteiger partial charge in [-0.3, -0.25) is 9.36 Å². The molecule has 3 aromatic rings. The highest BCUT2D eigenvalue weighted by Gasteiger charge is 2.11. The topological polar surface area (TPSA) is 95.1 Å². The van der Waals surface area contributed by atoms with Crippen LogP contribution in [-0.4, -0.2) is 26.4 Å². The standard InChI is InChI=1S/C19H19N5O2S/c1-2-12-24-18(20)22-23-19(24)27-13-17(25)21-14-8-10-16(11-9-14)26-15-6-4-3-5-7-15/h2-11H,1,12-13H2,(H2,20,22)(H,21,25). The van der Waals surface area contributed by atoms with Gasteiger partial charge in [-0.25, -0.2) is 0 Å². The molecule has 27 heavy (non-hydrogen) atoms. The molecule has 0 radical (unpaired) electrons. The fourth-order valence-corrected chi connectivity index (χ4v) is 3.02. The number of carbonyl (C=O) groups excluding carboxylic acids is 1. The lowest BCUT2D eigenvalue weighted by molar-refractivity contribution is -0.113. The van der Waals surface area contributed by atoms with E-state index in [1.165, 1.54) is 11.8 Å². The van der Waals surface area contributed by atoms with Crippen LogP contribution < -0.4 is 15.8 Å². The van der Waals surface area contributed by atoms with E-state index in [1.54, 1.807) is 34.9 Å². The summed E-state index contributed by atoms with van der Waals surface area (Å²) in [7, 11) is 0. The van der Waals surface area contributed by atoms with Crippen LogP contribution in [0.3, 0.4) is 0 Å². The third kappa shape index (κ3) is 5.11. The summed E-state index contributed by atoms with van der Waals surface area (Å²) in [5.41, 5.74) is 6.43. The molecule has 2 aromatic carbocycles. The number of thioether (sulfide) groups is 1. The Morgan fingerprint density at radius 2 is 1.85 bits per heavy atom. The zero-order valence-corrected chi connectivity index (χ0v) is 15.4. The molecule has 0 spiro atoms. The van der Waals surface area contributed by atoms with E-state index in [2.05, 4.69) is 22.1 Å². The van der Waals surface area contributed by atoms with E-state index in [9.17, 15) is 4.79 Å². The first-order valence-electron chi connectivity index (χ1n) is 8.21. The van der Waals surface area contributed by atoms with Crippen molar-refractivity contribution in [2.24, 2.45) is 0 Å². The van der Waals surface area contributed by atoms with Gasteiger partial charge in [-0.2, -0.15) is 0 Å². The molecule has 8 heteroatoms. The Labute approximate surface area is 161 Å². The lowest BCUT2D eigenvalue weighted by Crippen LogP contribution is -2.14. The monoisotopic (exact) mass is 381 g/mol. The molecule has 0 unspecified atom stereocenters. The maximum absolute atomic E-state index is 12.2. The molecule has 0 fully saturated rings. The number of amides is 1. The predicted molar refractivity (Wildman–Crippen MR) is 107 cm³/mol. The zero-order chi connectivity index (χ0) is 19.1. The third-order valence-electron chi connectivity index (χ3n) is 3.51. The minimum atomic E-state index is -0.150. The van der Waals surface area contributed by atoms with Crippen molar-refractivity contribution in [1.29, 1.82) is 0 Å². The molecule has 1 amide bonds. The van der Waals surface area contributed by atoms with Crippen LogP contribution in [-0.2, 0) is 11.3 Å². The maximum Gasteiger partial charge on any atom is 0.234 e. The lowest BCUT2D eigenvalue weighted by atomic mass is 10.3. The molecule has 1 heterocycles. The first kappa shape index (κ1) is 18.5. The molecule has 0 aliphatic carbocycles. The van der Waals surface area contributed by atoms with E-state index in [1.807, 2.05) is 30.3 Å². The van der Waals surface area contributed by atoms with Crippen molar-refractivity contribution in [1.82, 2.24) is 14.8 Å². The van der Waals surface area contributed by atoms with Gasteiger partial charge in [-0.1, -0.05) is 36.0 Å². The molecule has 1 aromatic heterocycles. The zero-order valence-electron chi connectivity index (χ0n) is 14.5. The van der Waals surface area contributed by atoms with Crippen LogP contribution in [0.25, 0.3) is 0 Å². The molecular formula is C19H19N5O2S. The van der Waals surface area contributed by atoms with Crippen molar-refractivity contribution in [2.75, 3.05) is 16.8 Å². The number of para-hydroxylation sites is 1. The van der Waals surface area contributed by atoms with Crippen LogP contribution in [0.5, 0.6) is 11.5 Å². The first-order valence-corrected chi connectivity index (χ1v) is 9.19. The van der Waals surface area contributed by atoms with E-state index in [0.29, 0.717) is 29.1 Å².